The number of halogens is 2. The van der Waals surface area contributed by atoms with Gasteiger partial charge in [-0.15, -0.1) is 0 Å². The maximum atomic E-state index is 14.0. The number of rotatable bonds is 6. The lowest BCUT2D eigenvalue weighted by molar-refractivity contribution is -0.137. The van der Waals surface area contributed by atoms with Crippen LogP contribution in [0.2, 0.25) is 0 Å². The molecule has 0 heterocycles. The highest BCUT2D eigenvalue weighted by molar-refractivity contribution is 5.81. The fourth-order valence-corrected chi connectivity index (χ4v) is 5.71. The summed E-state index contributed by atoms with van der Waals surface area (Å²) in [5, 5.41) is 0. The van der Waals surface area contributed by atoms with E-state index < -0.39 is 12.3 Å². The van der Waals surface area contributed by atoms with Gasteiger partial charge in [-0.1, -0.05) is 55.9 Å². The molecular weight excluding hydrogens is 394 g/mol. The van der Waals surface area contributed by atoms with Crippen LogP contribution in [0.15, 0.2) is 59.3 Å². The van der Waals surface area contributed by atoms with Crippen molar-refractivity contribution in [1.82, 2.24) is 0 Å². The summed E-state index contributed by atoms with van der Waals surface area (Å²) in [6, 6.07) is 0. The molecule has 5 unspecified atom stereocenters. The molecule has 5 atom stereocenters. The third-order valence-electron chi connectivity index (χ3n) is 7.37. The molecule has 170 valence electrons. The van der Waals surface area contributed by atoms with E-state index in [9.17, 15) is 13.6 Å². The van der Waals surface area contributed by atoms with E-state index in [4.69, 9.17) is 4.74 Å². The van der Waals surface area contributed by atoms with E-state index in [2.05, 4.69) is 32.6 Å². The van der Waals surface area contributed by atoms with E-state index in [0.717, 1.165) is 37.7 Å². The second-order valence-corrected chi connectivity index (χ2v) is 9.47. The van der Waals surface area contributed by atoms with Gasteiger partial charge in [0, 0.05) is 18.9 Å². The molecule has 0 N–H and O–H groups in total. The molecule has 0 bridgehead atoms. The Kier molecular flexibility index (Phi) is 7.72. The fraction of sp³-hybridized carbons (Fsp3) is 0.593. The number of alkyl halides is 2. The van der Waals surface area contributed by atoms with Crippen molar-refractivity contribution in [2.45, 2.75) is 78.1 Å². The van der Waals surface area contributed by atoms with E-state index in [1.807, 2.05) is 12.2 Å². The average molecular weight is 431 g/mol. The first kappa shape index (κ1) is 23.7. The molecule has 0 aromatic carbocycles. The molecular formula is C27H36F2O2. The molecule has 3 aliphatic carbocycles. The summed E-state index contributed by atoms with van der Waals surface area (Å²) >= 11 is 0. The van der Waals surface area contributed by atoms with Crippen LogP contribution in [0.5, 0.6) is 0 Å². The second-order valence-electron chi connectivity index (χ2n) is 9.47. The van der Waals surface area contributed by atoms with Crippen molar-refractivity contribution in [3.63, 3.8) is 0 Å². The normalized spacial score (nSPS) is 34.8. The van der Waals surface area contributed by atoms with Gasteiger partial charge in [-0.3, -0.25) is 0 Å². The molecule has 0 amide bonds. The van der Waals surface area contributed by atoms with Gasteiger partial charge in [-0.2, -0.15) is 0 Å². The number of carbonyl (C=O) groups excluding carboxylic acids is 1. The number of hydrogen-bond donors (Lipinski definition) is 0. The lowest BCUT2D eigenvalue weighted by atomic mass is 9.62. The predicted molar refractivity (Wildman–Crippen MR) is 122 cm³/mol. The van der Waals surface area contributed by atoms with Gasteiger partial charge in [0.25, 0.3) is 0 Å². The summed E-state index contributed by atoms with van der Waals surface area (Å²) in [7, 11) is 0. The molecule has 3 rings (SSSR count). The molecule has 2 fully saturated rings. The van der Waals surface area contributed by atoms with Crippen molar-refractivity contribution >= 4 is 5.97 Å². The lowest BCUT2D eigenvalue weighted by Crippen LogP contribution is -2.32. The predicted octanol–water partition coefficient (Wildman–Crippen LogP) is 7.15. The van der Waals surface area contributed by atoms with Crippen LogP contribution in [-0.2, 0) is 9.53 Å². The minimum atomic E-state index is -1.27. The smallest absolute Gasteiger partial charge is 0.330 e. The molecule has 0 radical (unpaired) electrons. The SMILES string of the molecule is C=C1C(=CC=C2CCCC3(C)C(C(C)CC=CC(=O)OCC)=CCC23)CC(F)CC1F. The molecule has 0 saturated heterocycles. The largest absolute Gasteiger partial charge is 0.463 e. The highest BCUT2D eigenvalue weighted by Crippen LogP contribution is 2.56. The van der Waals surface area contributed by atoms with Crippen molar-refractivity contribution < 1.29 is 18.3 Å². The first-order valence-electron chi connectivity index (χ1n) is 11.7. The van der Waals surface area contributed by atoms with Crippen LogP contribution in [0.3, 0.4) is 0 Å². The molecule has 0 aliphatic heterocycles. The van der Waals surface area contributed by atoms with E-state index in [-0.39, 0.29) is 24.2 Å². The van der Waals surface area contributed by atoms with Crippen LogP contribution in [-0.4, -0.2) is 24.9 Å². The third kappa shape index (κ3) is 5.27. The number of esters is 1. The zero-order chi connectivity index (χ0) is 22.6. The van der Waals surface area contributed by atoms with Crippen molar-refractivity contribution in [1.29, 1.82) is 0 Å². The van der Waals surface area contributed by atoms with Gasteiger partial charge in [0.05, 0.1) is 6.61 Å². The van der Waals surface area contributed by atoms with Gasteiger partial charge < -0.3 is 4.74 Å². The number of allylic oxidation sites excluding steroid dienone is 8. The zero-order valence-corrected chi connectivity index (χ0v) is 19.1. The first-order chi connectivity index (χ1) is 14.8. The summed E-state index contributed by atoms with van der Waals surface area (Å²) < 4.78 is 32.8. The van der Waals surface area contributed by atoms with Gasteiger partial charge in [0.15, 0.2) is 0 Å². The summed E-state index contributed by atoms with van der Waals surface area (Å²) in [4.78, 5) is 11.6. The quantitative estimate of drug-likeness (QED) is 0.254. The van der Waals surface area contributed by atoms with Gasteiger partial charge >= 0.3 is 5.97 Å². The zero-order valence-electron chi connectivity index (χ0n) is 19.1. The van der Waals surface area contributed by atoms with Gasteiger partial charge in [-0.05, 0) is 67.4 Å². The molecule has 2 saturated carbocycles. The highest BCUT2D eigenvalue weighted by atomic mass is 19.1. The minimum Gasteiger partial charge on any atom is -0.463 e. The van der Waals surface area contributed by atoms with Crippen molar-refractivity contribution in [3.05, 3.63) is 59.3 Å². The van der Waals surface area contributed by atoms with Crippen LogP contribution in [0.4, 0.5) is 8.78 Å². The lowest BCUT2D eigenvalue weighted by Gasteiger charge is -2.42. The summed E-state index contributed by atoms with van der Waals surface area (Å²) in [5.41, 5.74) is 4.12. The van der Waals surface area contributed by atoms with Crippen LogP contribution in [0.25, 0.3) is 0 Å². The van der Waals surface area contributed by atoms with Gasteiger partial charge in [0.2, 0.25) is 0 Å². The Morgan fingerprint density at radius 3 is 2.90 bits per heavy atom. The van der Waals surface area contributed by atoms with Gasteiger partial charge in [-0.25, -0.2) is 13.6 Å². The van der Waals surface area contributed by atoms with Crippen molar-refractivity contribution in [2.24, 2.45) is 17.3 Å². The van der Waals surface area contributed by atoms with E-state index in [0.29, 0.717) is 24.0 Å². The molecule has 0 spiro atoms. The summed E-state index contributed by atoms with van der Waals surface area (Å²) in [5.74, 6) is 0.505. The Morgan fingerprint density at radius 2 is 2.16 bits per heavy atom. The van der Waals surface area contributed by atoms with Crippen LogP contribution >= 0.6 is 0 Å². The second kappa shape index (κ2) is 10.1. The molecule has 4 heteroatoms. The molecule has 2 nitrogen and oxygen atoms in total. The molecule has 3 aliphatic rings. The maximum absolute atomic E-state index is 14.0. The molecule has 0 aromatic heterocycles. The number of carbonyl (C=O) groups is 1. The number of ether oxygens (including phenoxy) is 1. The summed E-state index contributed by atoms with van der Waals surface area (Å²) in [6.45, 7) is 10.6. The van der Waals surface area contributed by atoms with Crippen molar-refractivity contribution in [3.8, 4) is 0 Å². The minimum absolute atomic E-state index is 0.0662. The Morgan fingerprint density at radius 1 is 1.39 bits per heavy atom. The standard InChI is InChI=1S/C27H36F2O2/c1-5-31-26(30)10-6-8-18(2)23-13-14-24-20(9-7-15-27(23,24)4)11-12-21-16-22(28)17-25(29)19(21)3/h6,10-13,18,22,24-25H,3,5,7-9,14-17H2,1-2,4H3. The summed E-state index contributed by atoms with van der Waals surface area (Å²) in [6.07, 6.45) is 12.8. The fourth-order valence-electron chi connectivity index (χ4n) is 5.71. The van der Waals surface area contributed by atoms with Crippen molar-refractivity contribution in [2.75, 3.05) is 6.61 Å². The van der Waals surface area contributed by atoms with Gasteiger partial charge in [0.1, 0.15) is 12.3 Å². The van der Waals surface area contributed by atoms with E-state index in [1.165, 1.54) is 17.2 Å². The Hall–Kier alpha value is -1.97. The molecule has 31 heavy (non-hydrogen) atoms. The monoisotopic (exact) mass is 430 g/mol. The van der Waals surface area contributed by atoms with Crippen LogP contribution in [0, 0.1) is 17.3 Å². The number of hydrogen-bond acceptors (Lipinski definition) is 2. The van der Waals surface area contributed by atoms with Crippen LogP contribution in [0.1, 0.15) is 65.7 Å². The first-order valence-corrected chi connectivity index (χ1v) is 11.7. The topological polar surface area (TPSA) is 26.3 Å². The number of fused-ring (bicyclic) bond motifs is 1. The average Bonchev–Trinajstić information content (AvgIpc) is 3.07. The van der Waals surface area contributed by atoms with E-state index in [1.54, 1.807) is 6.92 Å². The van der Waals surface area contributed by atoms with E-state index >= 15 is 0 Å². The third-order valence-corrected chi connectivity index (χ3v) is 7.37. The Bertz CT molecular complexity index is 819. The molecule has 0 aromatic rings. The van der Waals surface area contributed by atoms with Crippen LogP contribution < -0.4 is 0 Å². The Labute approximate surface area is 185 Å². The Balaban J connectivity index is 1.71. The highest BCUT2D eigenvalue weighted by Gasteiger charge is 2.45. The maximum Gasteiger partial charge on any atom is 0.330 e.